The number of aliphatic hydroxyl groups excluding tert-OH is 2. The zero-order valence-corrected chi connectivity index (χ0v) is 14.1. The molecular weight excluding hydrogens is 322 g/mol. The number of benzene rings is 2. The lowest BCUT2D eigenvalue weighted by Gasteiger charge is -2.19. The highest BCUT2D eigenvalue weighted by molar-refractivity contribution is 5.67. The fraction of sp³-hybridized carbons (Fsp3) is 0.316. The van der Waals surface area contributed by atoms with Gasteiger partial charge < -0.3 is 25.4 Å². The Morgan fingerprint density at radius 1 is 1.16 bits per heavy atom. The molecule has 0 spiro atoms. The number of phenolic OH excluding ortho intramolecular Hbond substituents is 1. The van der Waals surface area contributed by atoms with Gasteiger partial charge in [0.25, 0.3) is 0 Å². The van der Waals surface area contributed by atoms with Crippen LogP contribution in [-0.4, -0.2) is 34.1 Å². The van der Waals surface area contributed by atoms with Crippen LogP contribution in [-0.2, 0) is 11.3 Å². The van der Waals surface area contributed by atoms with Crippen molar-refractivity contribution in [1.82, 2.24) is 5.32 Å². The van der Waals surface area contributed by atoms with Crippen molar-refractivity contribution in [3.63, 3.8) is 0 Å². The molecule has 2 aromatic rings. The molecular formula is C19H23NO5. The number of alkyl carbamates (subject to hydrolysis) is 1. The van der Waals surface area contributed by atoms with E-state index in [0.29, 0.717) is 0 Å². The normalized spacial score (nSPS) is 13.1. The van der Waals surface area contributed by atoms with Crippen LogP contribution in [0.3, 0.4) is 0 Å². The van der Waals surface area contributed by atoms with E-state index in [-0.39, 0.29) is 30.9 Å². The average Bonchev–Trinajstić information content (AvgIpc) is 2.60. The van der Waals surface area contributed by atoms with Crippen LogP contribution in [0.5, 0.6) is 5.75 Å². The summed E-state index contributed by atoms with van der Waals surface area (Å²) >= 11 is 0. The third kappa shape index (κ3) is 5.77. The van der Waals surface area contributed by atoms with Crippen LogP contribution in [0.25, 0.3) is 0 Å². The van der Waals surface area contributed by atoms with Crippen molar-refractivity contribution in [2.75, 3.05) is 6.54 Å². The molecule has 0 fully saturated rings. The Morgan fingerprint density at radius 3 is 2.56 bits per heavy atom. The number of aryl methyl sites for hydroxylation is 1. The monoisotopic (exact) mass is 345 g/mol. The average molecular weight is 345 g/mol. The van der Waals surface area contributed by atoms with Crippen LogP contribution < -0.4 is 5.32 Å². The number of aromatic hydroxyl groups is 1. The van der Waals surface area contributed by atoms with Gasteiger partial charge in [-0.15, -0.1) is 0 Å². The van der Waals surface area contributed by atoms with Gasteiger partial charge in [-0.05, 0) is 30.5 Å². The van der Waals surface area contributed by atoms with Gasteiger partial charge in [-0.25, -0.2) is 4.79 Å². The molecule has 2 rings (SSSR count). The largest absolute Gasteiger partial charge is 0.508 e. The van der Waals surface area contributed by atoms with E-state index in [1.54, 1.807) is 12.1 Å². The number of aliphatic hydroxyl groups is 2. The molecule has 4 N–H and O–H groups in total. The second kappa shape index (κ2) is 9.05. The Morgan fingerprint density at radius 2 is 1.88 bits per heavy atom. The quantitative estimate of drug-likeness (QED) is 0.618. The summed E-state index contributed by atoms with van der Waals surface area (Å²) in [5.41, 5.74) is 1.98. The SMILES string of the molecule is Cc1ccc(C(O)C(O)CCNC(=O)OCc2ccccc2)c(O)c1. The van der Waals surface area contributed by atoms with E-state index in [2.05, 4.69) is 5.32 Å². The summed E-state index contributed by atoms with van der Waals surface area (Å²) in [6.45, 7) is 2.12. The summed E-state index contributed by atoms with van der Waals surface area (Å²) < 4.78 is 5.05. The molecule has 0 radical (unpaired) electrons. The van der Waals surface area contributed by atoms with Crippen LogP contribution in [0.4, 0.5) is 4.79 Å². The Balaban J connectivity index is 1.74. The van der Waals surface area contributed by atoms with E-state index in [1.165, 1.54) is 6.07 Å². The summed E-state index contributed by atoms with van der Waals surface area (Å²) in [6.07, 6.45) is -2.83. The summed E-state index contributed by atoms with van der Waals surface area (Å²) in [4.78, 5) is 11.6. The van der Waals surface area contributed by atoms with Gasteiger partial charge in [0, 0.05) is 12.1 Å². The van der Waals surface area contributed by atoms with Crippen molar-refractivity contribution in [1.29, 1.82) is 0 Å². The van der Waals surface area contributed by atoms with Gasteiger partial charge in [-0.3, -0.25) is 0 Å². The second-order valence-corrected chi connectivity index (χ2v) is 5.85. The summed E-state index contributed by atoms with van der Waals surface area (Å²) in [5, 5.41) is 32.5. The summed E-state index contributed by atoms with van der Waals surface area (Å²) in [5.74, 6) is -0.0678. The predicted octanol–water partition coefficient (Wildman–Crippen LogP) is 2.41. The Labute approximate surface area is 146 Å². The molecule has 0 saturated heterocycles. The van der Waals surface area contributed by atoms with E-state index in [9.17, 15) is 20.1 Å². The first-order chi connectivity index (χ1) is 12.0. The molecule has 2 unspecified atom stereocenters. The first-order valence-corrected chi connectivity index (χ1v) is 8.07. The molecule has 2 aromatic carbocycles. The first-order valence-electron chi connectivity index (χ1n) is 8.07. The lowest BCUT2D eigenvalue weighted by molar-refractivity contribution is 0.0123. The number of carbonyl (C=O) groups excluding carboxylic acids is 1. The van der Waals surface area contributed by atoms with Crippen LogP contribution in [0, 0.1) is 6.92 Å². The Hall–Kier alpha value is -2.57. The second-order valence-electron chi connectivity index (χ2n) is 5.85. The molecule has 134 valence electrons. The number of ether oxygens (including phenoxy) is 1. The van der Waals surface area contributed by atoms with Crippen LogP contribution >= 0.6 is 0 Å². The van der Waals surface area contributed by atoms with Crippen LogP contribution in [0.15, 0.2) is 48.5 Å². The first kappa shape index (κ1) is 18.8. The minimum Gasteiger partial charge on any atom is -0.508 e. The number of hydrogen-bond donors (Lipinski definition) is 4. The van der Waals surface area contributed by atoms with Crippen LogP contribution in [0.1, 0.15) is 29.2 Å². The molecule has 0 saturated carbocycles. The van der Waals surface area contributed by atoms with Gasteiger partial charge in [-0.1, -0.05) is 42.5 Å². The molecule has 0 aromatic heterocycles. The molecule has 0 bridgehead atoms. The summed E-state index contributed by atoms with van der Waals surface area (Å²) in [7, 11) is 0. The molecule has 0 aliphatic rings. The molecule has 6 nitrogen and oxygen atoms in total. The fourth-order valence-electron chi connectivity index (χ4n) is 2.37. The number of amides is 1. The van der Waals surface area contributed by atoms with Crippen molar-refractivity contribution >= 4 is 6.09 Å². The smallest absolute Gasteiger partial charge is 0.407 e. The number of rotatable bonds is 7. The minimum atomic E-state index is -1.23. The summed E-state index contributed by atoms with van der Waals surface area (Å²) in [6, 6.07) is 14.1. The third-order valence-corrected chi connectivity index (χ3v) is 3.79. The molecule has 6 heteroatoms. The van der Waals surface area contributed by atoms with Crippen molar-refractivity contribution in [3.8, 4) is 5.75 Å². The zero-order chi connectivity index (χ0) is 18.2. The maximum absolute atomic E-state index is 11.6. The van der Waals surface area contributed by atoms with Gasteiger partial charge in [0.05, 0.1) is 6.10 Å². The van der Waals surface area contributed by atoms with Gasteiger partial charge >= 0.3 is 6.09 Å². The lowest BCUT2D eigenvalue weighted by Crippen LogP contribution is -2.29. The van der Waals surface area contributed by atoms with E-state index < -0.39 is 18.3 Å². The molecule has 0 aliphatic heterocycles. The standard InChI is InChI=1S/C19H23NO5/c1-13-7-8-15(17(22)11-13)18(23)16(21)9-10-20-19(24)25-12-14-5-3-2-4-6-14/h2-8,11,16,18,21-23H,9-10,12H2,1H3,(H,20,24). The maximum Gasteiger partial charge on any atom is 0.407 e. The highest BCUT2D eigenvalue weighted by atomic mass is 16.5. The Kier molecular flexibility index (Phi) is 6.80. The predicted molar refractivity (Wildman–Crippen MR) is 93.1 cm³/mol. The van der Waals surface area contributed by atoms with Crippen molar-refractivity contribution in [2.24, 2.45) is 0 Å². The van der Waals surface area contributed by atoms with Gasteiger partial charge in [-0.2, -0.15) is 0 Å². The number of carbonyl (C=O) groups is 1. The maximum atomic E-state index is 11.6. The van der Waals surface area contributed by atoms with E-state index in [0.717, 1.165) is 11.1 Å². The van der Waals surface area contributed by atoms with Crippen molar-refractivity contribution < 1.29 is 24.9 Å². The molecule has 1 amide bonds. The zero-order valence-electron chi connectivity index (χ0n) is 14.1. The Bertz CT molecular complexity index is 689. The molecule has 25 heavy (non-hydrogen) atoms. The number of hydrogen-bond acceptors (Lipinski definition) is 5. The van der Waals surface area contributed by atoms with Crippen molar-refractivity contribution in [2.45, 2.75) is 32.2 Å². The minimum absolute atomic E-state index is 0.0678. The molecule has 0 aliphatic carbocycles. The lowest BCUT2D eigenvalue weighted by atomic mass is 10.00. The van der Waals surface area contributed by atoms with E-state index in [1.807, 2.05) is 37.3 Å². The highest BCUT2D eigenvalue weighted by Crippen LogP contribution is 2.28. The van der Waals surface area contributed by atoms with Crippen LogP contribution in [0.2, 0.25) is 0 Å². The van der Waals surface area contributed by atoms with Crippen molar-refractivity contribution in [3.05, 3.63) is 65.2 Å². The topological polar surface area (TPSA) is 99.0 Å². The highest BCUT2D eigenvalue weighted by Gasteiger charge is 2.21. The third-order valence-electron chi connectivity index (χ3n) is 3.79. The van der Waals surface area contributed by atoms with E-state index >= 15 is 0 Å². The molecule has 2 atom stereocenters. The van der Waals surface area contributed by atoms with Gasteiger partial charge in [0.1, 0.15) is 18.5 Å². The number of phenols is 1. The van der Waals surface area contributed by atoms with Gasteiger partial charge in [0.15, 0.2) is 0 Å². The fourth-order valence-corrected chi connectivity index (χ4v) is 2.37. The molecule has 0 heterocycles. The van der Waals surface area contributed by atoms with E-state index in [4.69, 9.17) is 4.74 Å². The number of nitrogens with one attached hydrogen (secondary N) is 1. The van der Waals surface area contributed by atoms with Gasteiger partial charge in [0.2, 0.25) is 0 Å².